The Balaban J connectivity index is 3.20. The highest BCUT2D eigenvalue weighted by atomic mass is 32.2. The summed E-state index contributed by atoms with van der Waals surface area (Å²) in [5, 5.41) is 0. The monoisotopic (exact) mass is 147 g/mol. The van der Waals surface area contributed by atoms with E-state index in [2.05, 4.69) is 0 Å². The van der Waals surface area contributed by atoms with E-state index in [-0.39, 0.29) is 0 Å². The third-order valence-electron chi connectivity index (χ3n) is 0.844. The minimum Gasteiger partial charge on any atom is -0.269 e. The van der Waals surface area contributed by atoms with Gasteiger partial charge in [-0.2, -0.15) is 8.42 Å². The maximum atomic E-state index is 10.2. The number of hydrogen-bond donors (Lipinski definition) is 1. The van der Waals surface area contributed by atoms with Crippen molar-refractivity contribution >= 4 is 10.3 Å². The van der Waals surface area contributed by atoms with Crippen molar-refractivity contribution in [2.75, 3.05) is 0 Å². The van der Waals surface area contributed by atoms with E-state index in [4.69, 9.17) is 4.55 Å². The molecule has 0 unspecified atom stereocenters. The summed E-state index contributed by atoms with van der Waals surface area (Å²) in [5.41, 5.74) is 0. The van der Waals surface area contributed by atoms with Gasteiger partial charge in [0.1, 0.15) is 0 Å². The van der Waals surface area contributed by atoms with Crippen molar-refractivity contribution in [3.8, 4) is 0 Å². The largest absolute Gasteiger partial charge is 0.363 e. The second-order valence-electron chi connectivity index (χ2n) is 1.49. The summed E-state index contributed by atoms with van der Waals surface area (Å²) < 4.78 is 29.5. The van der Waals surface area contributed by atoms with Crippen LogP contribution in [-0.4, -0.2) is 16.9 Å². The summed E-state index contributed by atoms with van der Waals surface area (Å²) in [6.07, 6.45) is 2.49. The summed E-state index contributed by atoms with van der Waals surface area (Å²) in [6, 6.07) is 3.02. The van der Waals surface area contributed by atoms with Crippen molar-refractivity contribution in [3.63, 3.8) is 0 Å². The standard InChI is InChI=1S/C4H5NO3S/c6-9(7,8)5-3-1-2-4-5/h1-4H,(H,6,7,8). The van der Waals surface area contributed by atoms with Crippen LogP contribution in [0.3, 0.4) is 0 Å². The van der Waals surface area contributed by atoms with Gasteiger partial charge in [0, 0.05) is 12.4 Å². The van der Waals surface area contributed by atoms with E-state index < -0.39 is 10.3 Å². The lowest BCUT2D eigenvalue weighted by atomic mass is 10.7. The minimum absolute atomic E-state index is 0.715. The molecule has 0 aliphatic carbocycles. The van der Waals surface area contributed by atoms with Crippen molar-refractivity contribution in [2.45, 2.75) is 0 Å². The fourth-order valence-corrected chi connectivity index (χ4v) is 0.921. The predicted molar refractivity (Wildman–Crippen MR) is 31.4 cm³/mol. The topological polar surface area (TPSA) is 59.3 Å². The van der Waals surface area contributed by atoms with Crippen molar-refractivity contribution in [3.05, 3.63) is 24.5 Å². The summed E-state index contributed by atoms with van der Waals surface area (Å²) >= 11 is 0. The van der Waals surface area contributed by atoms with E-state index in [0.29, 0.717) is 3.97 Å². The van der Waals surface area contributed by atoms with Crippen molar-refractivity contribution in [1.82, 2.24) is 3.97 Å². The number of nitrogens with zero attached hydrogens (tertiary/aromatic N) is 1. The number of aromatic nitrogens is 1. The molecule has 0 atom stereocenters. The van der Waals surface area contributed by atoms with Crippen LogP contribution in [0.2, 0.25) is 0 Å². The lowest BCUT2D eigenvalue weighted by Gasteiger charge is -1.92. The van der Waals surface area contributed by atoms with E-state index >= 15 is 0 Å². The van der Waals surface area contributed by atoms with Gasteiger partial charge in [0.2, 0.25) is 0 Å². The summed E-state index contributed by atoms with van der Waals surface area (Å²) in [7, 11) is -4.04. The summed E-state index contributed by atoms with van der Waals surface area (Å²) in [4.78, 5) is 0. The SMILES string of the molecule is O=S(=O)(O)n1cccc1. The van der Waals surface area contributed by atoms with E-state index in [9.17, 15) is 8.42 Å². The Bertz CT molecular complexity index is 273. The smallest absolute Gasteiger partial charge is 0.269 e. The number of rotatable bonds is 1. The molecule has 1 aromatic heterocycles. The van der Waals surface area contributed by atoms with Crippen LogP contribution in [0.4, 0.5) is 0 Å². The van der Waals surface area contributed by atoms with Crippen LogP contribution in [0, 0.1) is 0 Å². The Kier molecular flexibility index (Phi) is 1.30. The van der Waals surface area contributed by atoms with Gasteiger partial charge >= 0.3 is 10.3 Å². The molecule has 0 aliphatic rings. The maximum absolute atomic E-state index is 10.2. The highest BCUT2D eigenvalue weighted by Gasteiger charge is 2.02. The molecule has 0 spiro atoms. The second kappa shape index (κ2) is 1.85. The highest BCUT2D eigenvalue weighted by molar-refractivity contribution is 7.84. The zero-order chi connectivity index (χ0) is 6.91. The molecular formula is C4H5NO3S. The van der Waals surface area contributed by atoms with Crippen LogP contribution in [0.15, 0.2) is 24.5 Å². The van der Waals surface area contributed by atoms with Gasteiger partial charge in [0.05, 0.1) is 0 Å². The molecule has 5 heteroatoms. The molecule has 0 fully saturated rings. The zero-order valence-corrected chi connectivity index (χ0v) is 5.25. The van der Waals surface area contributed by atoms with E-state index in [1.165, 1.54) is 24.5 Å². The molecule has 1 heterocycles. The number of hydrogen-bond acceptors (Lipinski definition) is 2. The quantitative estimate of drug-likeness (QED) is 0.575. The van der Waals surface area contributed by atoms with Crippen LogP contribution in [0.5, 0.6) is 0 Å². The second-order valence-corrected chi connectivity index (χ2v) is 2.81. The molecule has 1 rings (SSSR count). The fraction of sp³-hybridized carbons (Fsp3) is 0. The van der Waals surface area contributed by atoms with Gasteiger partial charge in [-0.25, -0.2) is 3.97 Å². The van der Waals surface area contributed by atoms with Crippen LogP contribution >= 0.6 is 0 Å². The Morgan fingerprint density at radius 3 is 1.89 bits per heavy atom. The van der Waals surface area contributed by atoms with Crippen molar-refractivity contribution in [2.24, 2.45) is 0 Å². The Morgan fingerprint density at radius 2 is 1.67 bits per heavy atom. The summed E-state index contributed by atoms with van der Waals surface area (Å²) in [6.45, 7) is 0. The van der Waals surface area contributed by atoms with E-state index in [1.54, 1.807) is 0 Å². The lowest BCUT2D eigenvalue weighted by molar-refractivity contribution is 0.473. The molecule has 4 nitrogen and oxygen atoms in total. The lowest BCUT2D eigenvalue weighted by Crippen LogP contribution is -2.07. The molecule has 0 aliphatic heterocycles. The molecule has 0 radical (unpaired) electrons. The maximum Gasteiger partial charge on any atom is 0.363 e. The molecule has 0 bridgehead atoms. The van der Waals surface area contributed by atoms with Crippen LogP contribution in [-0.2, 0) is 10.3 Å². The third kappa shape index (κ3) is 1.30. The Morgan fingerprint density at radius 1 is 1.22 bits per heavy atom. The van der Waals surface area contributed by atoms with Gasteiger partial charge in [-0.3, -0.25) is 4.55 Å². The molecule has 50 valence electrons. The molecule has 0 saturated heterocycles. The zero-order valence-electron chi connectivity index (χ0n) is 4.43. The first-order valence-electron chi connectivity index (χ1n) is 2.21. The van der Waals surface area contributed by atoms with Gasteiger partial charge in [-0.1, -0.05) is 0 Å². The molecule has 1 N–H and O–H groups in total. The first kappa shape index (κ1) is 6.31. The van der Waals surface area contributed by atoms with Crippen molar-refractivity contribution in [1.29, 1.82) is 0 Å². The van der Waals surface area contributed by atoms with Gasteiger partial charge in [-0.15, -0.1) is 0 Å². The molecule has 1 aromatic rings. The average Bonchev–Trinajstić information content (AvgIpc) is 2.08. The van der Waals surface area contributed by atoms with Gasteiger partial charge < -0.3 is 0 Å². The predicted octanol–water partition coefficient (Wildman–Crippen LogP) is 0.139. The molecule has 0 saturated carbocycles. The van der Waals surface area contributed by atoms with Crippen LogP contribution in [0.1, 0.15) is 0 Å². The van der Waals surface area contributed by atoms with E-state index in [1.807, 2.05) is 0 Å². The normalized spacial score (nSPS) is 11.7. The van der Waals surface area contributed by atoms with Crippen LogP contribution < -0.4 is 0 Å². The first-order chi connectivity index (χ1) is 4.11. The Labute approximate surface area is 52.6 Å². The van der Waals surface area contributed by atoms with Gasteiger partial charge in [0.25, 0.3) is 0 Å². The highest BCUT2D eigenvalue weighted by Crippen LogP contribution is 1.92. The van der Waals surface area contributed by atoms with Crippen molar-refractivity contribution < 1.29 is 13.0 Å². The fourth-order valence-electron chi connectivity index (χ4n) is 0.473. The molecule has 0 aromatic carbocycles. The van der Waals surface area contributed by atoms with Gasteiger partial charge in [-0.05, 0) is 12.1 Å². The van der Waals surface area contributed by atoms with Crippen LogP contribution in [0.25, 0.3) is 0 Å². The first-order valence-corrected chi connectivity index (χ1v) is 3.61. The van der Waals surface area contributed by atoms with E-state index in [0.717, 1.165) is 0 Å². The average molecular weight is 147 g/mol. The third-order valence-corrected chi connectivity index (χ3v) is 1.62. The minimum atomic E-state index is -4.04. The summed E-state index contributed by atoms with van der Waals surface area (Å²) in [5.74, 6) is 0. The molecular weight excluding hydrogens is 142 g/mol. The molecule has 9 heavy (non-hydrogen) atoms. The molecule has 0 amide bonds. The Hall–Kier alpha value is -0.810. The van der Waals surface area contributed by atoms with Gasteiger partial charge in [0.15, 0.2) is 0 Å².